The van der Waals surface area contributed by atoms with Gasteiger partial charge in [-0.3, -0.25) is 10.1 Å². The molecule has 17 heavy (non-hydrogen) atoms. The van der Waals surface area contributed by atoms with Crippen LogP contribution in [0.25, 0.3) is 0 Å². The van der Waals surface area contributed by atoms with Crippen LogP contribution >= 0.6 is 11.6 Å². The van der Waals surface area contributed by atoms with Crippen molar-refractivity contribution in [1.82, 2.24) is 9.97 Å². The quantitative estimate of drug-likeness (QED) is 0.848. The number of nitrogens with one attached hydrogen (secondary N) is 1. The Balaban J connectivity index is 2.09. The zero-order valence-electron chi connectivity index (χ0n) is 8.93. The van der Waals surface area contributed by atoms with E-state index in [9.17, 15) is 4.79 Å². The molecule has 1 N–H and O–H groups in total. The van der Waals surface area contributed by atoms with Gasteiger partial charge in [0.15, 0.2) is 0 Å². The average Bonchev–Trinajstić information content (AvgIpc) is 2.40. The second-order valence-electron chi connectivity index (χ2n) is 3.36. The molecule has 0 saturated carbocycles. The summed E-state index contributed by atoms with van der Waals surface area (Å²) in [5.74, 6) is 0.486. The minimum Gasteiger partial charge on any atom is -0.290 e. The summed E-state index contributed by atoms with van der Waals surface area (Å²) in [6.07, 6.45) is 3.14. The van der Waals surface area contributed by atoms with E-state index in [4.69, 9.17) is 11.6 Å². The zero-order valence-corrected chi connectivity index (χ0v) is 9.69. The van der Waals surface area contributed by atoms with Crippen LogP contribution in [0.5, 0.6) is 0 Å². The van der Waals surface area contributed by atoms with Gasteiger partial charge in [-0.25, -0.2) is 9.97 Å². The fourth-order valence-corrected chi connectivity index (χ4v) is 1.46. The summed E-state index contributed by atoms with van der Waals surface area (Å²) in [7, 11) is 0. The first kappa shape index (κ1) is 11.5. The zero-order chi connectivity index (χ0) is 12.1. The van der Waals surface area contributed by atoms with Crippen LogP contribution in [0.1, 0.15) is 15.9 Å². The first-order valence-electron chi connectivity index (χ1n) is 5.03. The van der Waals surface area contributed by atoms with Crippen molar-refractivity contribution >= 4 is 23.5 Å². The van der Waals surface area contributed by atoms with Crippen molar-refractivity contribution in [2.24, 2.45) is 0 Å². The van der Waals surface area contributed by atoms with Gasteiger partial charge in [0.05, 0.1) is 0 Å². The number of carbonyl (C=O) groups is 1. The Morgan fingerprint density at radius 3 is 2.41 bits per heavy atom. The van der Waals surface area contributed by atoms with E-state index in [0.29, 0.717) is 17.4 Å². The highest BCUT2D eigenvalue weighted by atomic mass is 35.5. The first-order chi connectivity index (χ1) is 8.29. The lowest BCUT2D eigenvalue weighted by Crippen LogP contribution is -2.13. The molecule has 0 bridgehead atoms. The second kappa shape index (κ2) is 5.41. The van der Waals surface area contributed by atoms with Crippen molar-refractivity contribution in [3.8, 4) is 0 Å². The van der Waals surface area contributed by atoms with Crippen molar-refractivity contribution in [2.75, 3.05) is 5.32 Å². The van der Waals surface area contributed by atoms with Gasteiger partial charge in [0.1, 0.15) is 0 Å². The molecule has 0 aliphatic carbocycles. The third kappa shape index (κ3) is 3.01. The lowest BCUT2D eigenvalue weighted by Gasteiger charge is -2.03. The summed E-state index contributed by atoms with van der Waals surface area (Å²) >= 11 is 5.67. The molecule has 4 nitrogen and oxygen atoms in total. The molecule has 5 heteroatoms. The fourth-order valence-electron chi connectivity index (χ4n) is 1.28. The highest BCUT2D eigenvalue weighted by molar-refractivity contribution is 6.17. The van der Waals surface area contributed by atoms with E-state index >= 15 is 0 Å². The number of amides is 1. The first-order valence-corrected chi connectivity index (χ1v) is 5.56. The second-order valence-corrected chi connectivity index (χ2v) is 3.62. The van der Waals surface area contributed by atoms with Crippen LogP contribution in [0, 0.1) is 0 Å². The van der Waals surface area contributed by atoms with Gasteiger partial charge >= 0.3 is 0 Å². The number of nitrogens with zero attached hydrogens (tertiary/aromatic N) is 2. The number of halogens is 1. The van der Waals surface area contributed by atoms with Gasteiger partial charge in [-0.2, -0.15) is 0 Å². The SMILES string of the molecule is O=C(Nc1ncccn1)c1ccc(CCl)cc1. The summed E-state index contributed by atoms with van der Waals surface area (Å²) in [4.78, 5) is 19.6. The van der Waals surface area contributed by atoms with E-state index in [1.54, 1.807) is 30.6 Å². The van der Waals surface area contributed by atoms with Gasteiger partial charge in [-0.05, 0) is 23.8 Å². The number of rotatable bonds is 3. The summed E-state index contributed by atoms with van der Waals surface area (Å²) in [5.41, 5.74) is 1.52. The molecule has 0 atom stereocenters. The van der Waals surface area contributed by atoms with Gasteiger partial charge in [0.25, 0.3) is 5.91 Å². The third-order valence-corrected chi connectivity index (χ3v) is 2.47. The number of carbonyl (C=O) groups excluding carboxylic acids is 1. The Labute approximate surface area is 104 Å². The summed E-state index contributed by atoms with van der Waals surface area (Å²) in [6, 6.07) is 8.75. The Kier molecular flexibility index (Phi) is 3.67. The molecule has 0 unspecified atom stereocenters. The molecule has 1 aromatic heterocycles. The van der Waals surface area contributed by atoms with Crippen LogP contribution in [-0.4, -0.2) is 15.9 Å². The molecular formula is C12H10ClN3O. The minimum absolute atomic E-state index is 0.239. The standard InChI is InChI=1S/C12H10ClN3O/c13-8-9-2-4-10(5-3-9)11(17)16-12-14-6-1-7-15-12/h1-7H,8H2,(H,14,15,16,17). The monoisotopic (exact) mass is 247 g/mol. The van der Waals surface area contributed by atoms with Crippen LogP contribution in [0.2, 0.25) is 0 Å². The number of aromatic nitrogens is 2. The van der Waals surface area contributed by atoms with Gasteiger partial charge in [-0.15, -0.1) is 11.6 Å². The highest BCUT2D eigenvalue weighted by Gasteiger charge is 2.06. The predicted molar refractivity (Wildman–Crippen MR) is 66.0 cm³/mol. The summed E-state index contributed by atoms with van der Waals surface area (Å²) in [6.45, 7) is 0. The molecule has 0 radical (unpaired) electrons. The van der Waals surface area contributed by atoms with E-state index in [0.717, 1.165) is 5.56 Å². The smallest absolute Gasteiger partial charge is 0.258 e. The molecule has 2 rings (SSSR count). The summed E-state index contributed by atoms with van der Waals surface area (Å²) < 4.78 is 0. The van der Waals surface area contributed by atoms with Gasteiger partial charge in [-0.1, -0.05) is 12.1 Å². The summed E-state index contributed by atoms with van der Waals surface area (Å²) in [5, 5.41) is 2.60. The van der Waals surface area contributed by atoms with Crippen molar-refractivity contribution in [3.63, 3.8) is 0 Å². The largest absolute Gasteiger partial charge is 0.290 e. The lowest BCUT2D eigenvalue weighted by atomic mass is 10.1. The van der Waals surface area contributed by atoms with Gasteiger partial charge < -0.3 is 0 Å². The molecule has 0 fully saturated rings. The maximum absolute atomic E-state index is 11.8. The molecule has 1 aromatic carbocycles. The minimum atomic E-state index is -0.239. The topological polar surface area (TPSA) is 54.9 Å². The Bertz CT molecular complexity index is 499. The van der Waals surface area contributed by atoms with E-state index in [1.165, 1.54) is 0 Å². The lowest BCUT2D eigenvalue weighted by molar-refractivity contribution is 0.102. The van der Waals surface area contributed by atoms with Crippen molar-refractivity contribution in [2.45, 2.75) is 5.88 Å². The molecule has 0 spiro atoms. The Hall–Kier alpha value is -1.94. The number of anilines is 1. The fraction of sp³-hybridized carbons (Fsp3) is 0.0833. The van der Waals surface area contributed by atoms with Crippen LogP contribution in [0.15, 0.2) is 42.7 Å². The normalized spacial score (nSPS) is 9.94. The molecule has 1 amide bonds. The van der Waals surface area contributed by atoms with Crippen molar-refractivity contribution in [3.05, 3.63) is 53.9 Å². The molecule has 0 aliphatic heterocycles. The highest BCUT2D eigenvalue weighted by Crippen LogP contribution is 2.08. The van der Waals surface area contributed by atoms with Gasteiger partial charge in [0.2, 0.25) is 5.95 Å². The number of benzene rings is 1. The predicted octanol–water partition coefficient (Wildman–Crippen LogP) is 2.47. The number of hydrogen-bond acceptors (Lipinski definition) is 3. The van der Waals surface area contributed by atoms with Crippen LogP contribution in [0.4, 0.5) is 5.95 Å². The third-order valence-electron chi connectivity index (χ3n) is 2.16. The van der Waals surface area contributed by atoms with Crippen LogP contribution in [-0.2, 0) is 5.88 Å². The number of hydrogen-bond donors (Lipinski definition) is 1. The van der Waals surface area contributed by atoms with Crippen LogP contribution < -0.4 is 5.32 Å². The maximum atomic E-state index is 11.8. The molecule has 1 heterocycles. The van der Waals surface area contributed by atoms with E-state index in [2.05, 4.69) is 15.3 Å². The number of alkyl halides is 1. The van der Waals surface area contributed by atoms with E-state index in [-0.39, 0.29) is 5.91 Å². The molecule has 86 valence electrons. The molecule has 2 aromatic rings. The van der Waals surface area contributed by atoms with Crippen molar-refractivity contribution in [1.29, 1.82) is 0 Å². The average molecular weight is 248 g/mol. The Morgan fingerprint density at radius 2 is 1.82 bits per heavy atom. The maximum Gasteiger partial charge on any atom is 0.258 e. The van der Waals surface area contributed by atoms with Crippen molar-refractivity contribution < 1.29 is 4.79 Å². The molecular weight excluding hydrogens is 238 g/mol. The van der Waals surface area contributed by atoms with Gasteiger partial charge in [0, 0.05) is 23.8 Å². The molecule has 0 aliphatic rings. The van der Waals surface area contributed by atoms with E-state index < -0.39 is 0 Å². The van der Waals surface area contributed by atoms with E-state index in [1.807, 2.05) is 12.1 Å². The Morgan fingerprint density at radius 1 is 1.18 bits per heavy atom. The molecule has 0 saturated heterocycles. The van der Waals surface area contributed by atoms with Crippen LogP contribution in [0.3, 0.4) is 0 Å².